The second-order valence-electron chi connectivity index (χ2n) is 3.65. The Balaban J connectivity index is 2.60. The summed E-state index contributed by atoms with van der Waals surface area (Å²) in [6, 6.07) is 13.7. The van der Waals surface area contributed by atoms with E-state index in [1.807, 2.05) is 42.5 Å². The Kier molecular flexibility index (Phi) is 3.45. The standard InChI is InChI=1S/C14H12ClNO/c1-2-10-16(14(15)17)13-9-5-7-11-6-3-4-8-12(11)13/h2-9H,1,10H2. The fraction of sp³-hybridized carbons (Fsp3) is 0.0714. The van der Waals surface area contributed by atoms with Crippen molar-refractivity contribution >= 4 is 33.4 Å². The summed E-state index contributed by atoms with van der Waals surface area (Å²) in [5, 5.41) is 1.59. The van der Waals surface area contributed by atoms with E-state index < -0.39 is 5.37 Å². The van der Waals surface area contributed by atoms with E-state index in [2.05, 4.69) is 6.58 Å². The summed E-state index contributed by atoms with van der Waals surface area (Å²) in [5.74, 6) is 0. The van der Waals surface area contributed by atoms with Gasteiger partial charge in [0.2, 0.25) is 0 Å². The van der Waals surface area contributed by atoms with Gasteiger partial charge in [-0.15, -0.1) is 6.58 Å². The van der Waals surface area contributed by atoms with Crippen LogP contribution < -0.4 is 4.90 Å². The number of anilines is 1. The fourth-order valence-electron chi connectivity index (χ4n) is 1.84. The summed E-state index contributed by atoms with van der Waals surface area (Å²) >= 11 is 5.60. The molecule has 0 saturated carbocycles. The second kappa shape index (κ2) is 5.02. The number of fused-ring (bicyclic) bond motifs is 1. The number of carbonyl (C=O) groups excluding carboxylic acids is 1. The topological polar surface area (TPSA) is 20.3 Å². The molecule has 17 heavy (non-hydrogen) atoms. The molecule has 0 bridgehead atoms. The Hall–Kier alpha value is -1.80. The molecule has 0 unspecified atom stereocenters. The number of hydrogen-bond donors (Lipinski definition) is 0. The number of carbonyl (C=O) groups is 1. The first kappa shape index (κ1) is 11.7. The lowest BCUT2D eigenvalue weighted by Gasteiger charge is -2.19. The van der Waals surface area contributed by atoms with Crippen LogP contribution in [-0.2, 0) is 0 Å². The highest BCUT2D eigenvalue weighted by Crippen LogP contribution is 2.27. The zero-order valence-corrected chi connectivity index (χ0v) is 10.0. The van der Waals surface area contributed by atoms with E-state index in [0.717, 1.165) is 16.5 Å². The maximum absolute atomic E-state index is 11.4. The summed E-state index contributed by atoms with van der Waals surface area (Å²) in [4.78, 5) is 12.9. The molecule has 0 aliphatic heterocycles. The normalized spacial score (nSPS) is 10.2. The van der Waals surface area contributed by atoms with Crippen LogP contribution in [0.1, 0.15) is 0 Å². The quantitative estimate of drug-likeness (QED) is 0.451. The van der Waals surface area contributed by atoms with Crippen LogP contribution in [0.2, 0.25) is 0 Å². The molecule has 0 heterocycles. The van der Waals surface area contributed by atoms with Gasteiger partial charge in [-0.25, -0.2) is 0 Å². The summed E-state index contributed by atoms with van der Waals surface area (Å²) in [6.07, 6.45) is 1.65. The number of rotatable bonds is 3. The molecule has 0 aromatic heterocycles. The van der Waals surface area contributed by atoms with Crippen molar-refractivity contribution in [1.82, 2.24) is 0 Å². The van der Waals surface area contributed by atoms with Gasteiger partial charge in [-0.05, 0) is 23.1 Å². The maximum atomic E-state index is 11.4. The van der Waals surface area contributed by atoms with Crippen LogP contribution in [0, 0.1) is 0 Å². The number of benzene rings is 2. The molecule has 2 aromatic carbocycles. The molecule has 86 valence electrons. The molecule has 2 nitrogen and oxygen atoms in total. The lowest BCUT2D eigenvalue weighted by molar-refractivity contribution is 0.264. The van der Waals surface area contributed by atoms with Crippen LogP contribution in [-0.4, -0.2) is 11.9 Å². The van der Waals surface area contributed by atoms with E-state index in [4.69, 9.17) is 11.6 Å². The van der Waals surface area contributed by atoms with Gasteiger partial charge in [0.15, 0.2) is 0 Å². The summed E-state index contributed by atoms with van der Waals surface area (Å²) in [6.45, 7) is 4.04. The molecule has 0 aliphatic rings. The zero-order valence-electron chi connectivity index (χ0n) is 9.27. The second-order valence-corrected chi connectivity index (χ2v) is 3.97. The first-order valence-corrected chi connectivity index (χ1v) is 5.67. The number of amides is 1. The highest BCUT2D eigenvalue weighted by Gasteiger charge is 2.13. The van der Waals surface area contributed by atoms with Crippen LogP contribution in [0.25, 0.3) is 10.8 Å². The van der Waals surface area contributed by atoms with Gasteiger partial charge in [-0.3, -0.25) is 9.69 Å². The third-order valence-corrected chi connectivity index (χ3v) is 2.79. The number of hydrogen-bond acceptors (Lipinski definition) is 1. The Morgan fingerprint density at radius 3 is 2.65 bits per heavy atom. The molecule has 2 rings (SSSR count). The van der Waals surface area contributed by atoms with Crippen molar-refractivity contribution < 1.29 is 4.79 Å². The first-order valence-electron chi connectivity index (χ1n) is 5.29. The Bertz CT molecular complexity index is 560. The molecule has 0 saturated heterocycles. The Morgan fingerprint density at radius 1 is 1.24 bits per heavy atom. The maximum Gasteiger partial charge on any atom is 0.321 e. The molecule has 0 N–H and O–H groups in total. The zero-order chi connectivity index (χ0) is 12.3. The van der Waals surface area contributed by atoms with E-state index >= 15 is 0 Å². The lowest BCUT2D eigenvalue weighted by atomic mass is 10.1. The summed E-state index contributed by atoms with van der Waals surface area (Å²) in [7, 11) is 0. The SMILES string of the molecule is C=CCN(C(=O)Cl)c1cccc2ccccc12. The third kappa shape index (κ3) is 2.32. The minimum atomic E-state index is -0.499. The van der Waals surface area contributed by atoms with Crippen molar-refractivity contribution in [1.29, 1.82) is 0 Å². The van der Waals surface area contributed by atoms with Gasteiger partial charge in [-0.1, -0.05) is 42.5 Å². The molecule has 0 radical (unpaired) electrons. The van der Waals surface area contributed by atoms with Gasteiger partial charge in [0.05, 0.1) is 5.69 Å². The number of nitrogens with zero attached hydrogens (tertiary/aromatic N) is 1. The molecule has 3 heteroatoms. The molecular weight excluding hydrogens is 234 g/mol. The van der Waals surface area contributed by atoms with Crippen LogP contribution in [0.4, 0.5) is 10.5 Å². The van der Waals surface area contributed by atoms with E-state index in [1.54, 1.807) is 6.08 Å². The van der Waals surface area contributed by atoms with E-state index in [-0.39, 0.29) is 0 Å². The van der Waals surface area contributed by atoms with E-state index in [0.29, 0.717) is 6.54 Å². The van der Waals surface area contributed by atoms with Gasteiger partial charge < -0.3 is 0 Å². The van der Waals surface area contributed by atoms with Crippen LogP contribution in [0.5, 0.6) is 0 Å². The fourth-order valence-corrected chi connectivity index (χ4v) is 2.00. The molecular formula is C14H12ClNO. The number of halogens is 1. The van der Waals surface area contributed by atoms with Crippen molar-refractivity contribution in [2.24, 2.45) is 0 Å². The van der Waals surface area contributed by atoms with Gasteiger partial charge in [0.1, 0.15) is 0 Å². The van der Waals surface area contributed by atoms with Crippen LogP contribution in [0.3, 0.4) is 0 Å². The van der Waals surface area contributed by atoms with Crippen LogP contribution >= 0.6 is 11.6 Å². The van der Waals surface area contributed by atoms with E-state index in [1.165, 1.54) is 4.90 Å². The molecule has 2 aromatic rings. The molecule has 0 spiro atoms. The van der Waals surface area contributed by atoms with Gasteiger partial charge in [0, 0.05) is 11.9 Å². The monoisotopic (exact) mass is 245 g/mol. The lowest BCUT2D eigenvalue weighted by Crippen LogP contribution is -2.25. The highest BCUT2D eigenvalue weighted by molar-refractivity contribution is 6.66. The largest absolute Gasteiger partial charge is 0.321 e. The van der Waals surface area contributed by atoms with Gasteiger partial charge in [0.25, 0.3) is 0 Å². The van der Waals surface area contributed by atoms with Crippen molar-refractivity contribution in [3.8, 4) is 0 Å². The Labute approximate surface area is 105 Å². The predicted molar refractivity (Wildman–Crippen MR) is 72.7 cm³/mol. The average Bonchev–Trinajstić information content (AvgIpc) is 2.35. The van der Waals surface area contributed by atoms with Crippen LogP contribution in [0.15, 0.2) is 55.1 Å². The van der Waals surface area contributed by atoms with Gasteiger partial charge in [-0.2, -0.15) is 0 Å². The van der Waals surface area contributed by atoms with Crippen molar-refractivity contribution in [2.75, 3.05) is 11.4 Å². The molecule has 0 atom stereocenters. The predicted octanol–water partition coefficient (Wildman–Crippen LogP) is 4.19. The average molecular weight is 246 g/mol. The summed E-state index contributed by atoms with van der Waals surface area (Å²) < 4.78 is 0. The van der Waals surface area contributed by atoms with Crippen molar-refractivity contribution in [3.63, 3.8) is 0 Å². The minimum Gasteiger partial charge on any atom is -0.294 e. The Morgan fingerprint density at radius 2 is 1.94 bits per heavy atom. The van der Waals surface area contributed by atoms with Crippen molar-refractivity contribution in [3.05, 3.63) is 55.1 Å². The minimum absolute atomic E-state index is 0.399. The summed E-state index contributed by atoms with van der Waals surface area (Å²) in [5.41, 5.74) is 0.808. The highest BCUT2D eigenvalue weighted by atomic mass is 35.5. The smallest absolute Gasteiger partial charge is 0.294 e. The van der Waals surface area contributed by atoms with Gasteiger partial charge >= 0.3 is 5.37 Å². The molecule has 1 amide bonds. The molecule has 0 fully saturated rings. The molecule has 0 aliphatic carbocycles. The first-order chi connectivity index (χ1) is 8.24. The van der Waals surface area contributed by atoms with E-state index in [9.17, 15) is 4.79 Å². The third-order valence-electron chi connectivity index (χ3n) is 2.58. The van der Waals surface area contributed by atoms with Crippen molar-refractivity contribution in [2.45, 2.75) is 0 Å².